The van der Waals surface area contributed by atoms with E-state index in [4.69, 9.17) is 26.5 Å². The lowest BCUT2D eigenvalue weighted by atomic mass is 10.1. The number of fused-ring (bicyclic) bond motifs is 1. The van der Waals surface area contributed by atoms with E-state index in [9.17, 15) is 4.79 Å². The molecule has 0 unspecified atom stereocenters. The molecule has 2 aliphatic rings. The molecule has 3 aromatic rings. The SMILES string of the molecule is Cc1cccc(OCCOc2ccc(C=C3C(=N)N4N=C(c5cccnc5)SC4=NC3=O)cc2Cl)c1. The van der Waals surface area contributed by atoms with E-state index >= 15 is 0 Å². The zero-order chi connectivity index (χ0) is 25.1. The number of hydrogen-bond acceptors (Lipinski definition) is 7. The number of amidine groups is 2. The molecule has 0 radical (unpaired) electrons. The van der Waals surface area contributed by atoms with Crippen molar-refractivity contribution in [3.8, 4) is 11.5 Å². The number of hydrogen-bond donors (Lipinski definition) is 1. The number of aliphatic imine (C=N–C) groups is 1. The predicted molar refractivity (Wildman–Crippen MR) is 142 cm³/mol. The van der Waals surface area contributed by atoms with Crippen LogP contribution >= 0.6 is 23.4 Å². The van der Waals surface area contributed by atoms with Crippen molar-refractivity contribution < 1.29 is 14.3 Å². The van der Waals surface area contributed by atoms with Gasteiger partial charge in [-0.15, -0.1) is 0 Å². The quantitative estimate of drug-likeness (QED) is 0.343. The summed E-state index contributed by atoms with van der Waals surface area (Å²) in [6, 6.07) is 16.6. The normalized spacial score (nSPS) is 16.1. The zero-order valence-corrected chi connectivity index (χ0v) is 20.7. The summed E-state index contributed by atoms with van der Waals surface area (Å²) in [6.07, 6.45) is 4.92. The van der Waals surface area contributed by atoms with E-state index in [0.717, 1.165) is 16.9 Å². The van der Waals surface area contributed by atoms with Gasteiger partial charge in [-0.3, -0.25) is 15.2 Å². The largest absolute Gasteiger partial charge is 0.490 e. The number of halogens is 1. The molecular formula is C26H20ClN5O3S. The van der Waals surface area contributed by atoms with Gasteiger partial charge in [0.15, 0.2) is 5.84 Å². The van der Waals surface area contributed by atoms with Crippen LogP contribution in [-0.2, 0) is 4.79 Å². The van der Waals surface area contributed by atoms with Gasteiger partial charge in [0.05, 0.1) is 10.6 Å². The number of pyridine rings is 1. The van der Waals surface area contributed by atoms with Gasteiger partial charge in [-0.25, -0.2) is 0 Å². The number of hydrazone groups is 1. The number of amides is 1. The van der Waals surface area contributed by atoms with Crippen LogP contribution in [0, 0.1) is 12.3 Å². The van der Waals surface area contributed by atoms with E-state index in [0.29, 0.717) is 39.8 Å². The third-order valence-corrected chi connectivity index (χ3v) is 6.48. The second-order valence-electron chi connectivity index (χ2n) is 7.87. The standard InChI is InChI=1S/C26H20ClN5O3S/c1-16-4-2-6-19(12-16)34-10-11-35-22-8-7-17(14-21(22)27)13-20-23(28)32-26(30-24(20)33)36-25(31-32)18-5-3-9-29-15-18/h2-9,12-15,28H,10-11H2,1H3. The Kier molecular flexibility index (Phi) is 6.84. The number of carbonyl (C=O) groups is 1. The van der Waals surface area contributed by atoms with Gasteiger partial charge in [0.2, 0.25) is 5.17 Å². The number of nitrogens with one attached hydrogen (secondary N) is 1. The fourth-order valence-electron chi connectivity index (χ4n) is 3.50. The second-order valence-corrected chi connectivity index (χ2v) is 9.23. The van der Waals surface area contributed by atoms with Crippen LogP contribution in [0.25, 0.3) is 6.08 Å². The average Bonchev–Trinajstić information content (AvgIpc) is 3.30. The second kappa shape index (κ2) is 10.3. The zero-order valence-electron chi connectivity index (χ0n) is 19.1. The lowest BCUT2D eigenvalue weighted by molar-refractivity contribution is -0.114. The lowest BCUT2D eigenvalue weighted by Gasteiger charge is -2.20. The van der Waals surface area contributed by atoms with Crippen molar-refractivity contribution in [2.24, 2.45) is 10.1 Å². The third kappa shape index (κ3) is 5.17. The van der Waals surface area contributed by atoms with Crippen molar-refractivity contribution in [2.45, 2.75) is 6.92 Å². The molecule has 1 N–H and O–H groups in total. The summed E-state index contributed by atoms with van der Waals surface area (Å²) in [5.41, 5.74) is 2.67. The van der Waals surface area contributed by atoms with Crippen molar-refractivity contribution in [2.75, 3.05) is 13.2 Å². The van der Waals surface area contributed by atoms with Crippen LogP contribution in [0.4, 0.5) is 0 Å². The number of aryl methyl sites for hydroxylation is 1. The Labute approximate surface area is 216 Å². The highest BCUT2D eigenvalue weighted by molar-refractivity contribution is 8.27. The van der Waals surface area contributed by atoms with Crippen LogP contribution in [-0.4, -0.2) is 45.2 Å². The Hall–Kier alpha value is -3.95. The van der Waals surface area contributed by atoms with Crippen molar-refractivity contribution in [1.29, 1.82) is 5.41 Å². The minimum atomic E-state index is -0.508. The molecule has 0 fully saturated rings. The number of rotatable bonds is 7. The predicted octanol–water partition coefficient (Wildman–Crippen LogP) is 5.17. The fourth-order valence-corrected chi connectivity index (χ4v) is 4.63. The van der Waals surface area contributed by atoms with Crippen LogP contribution < -0.4 is 9.47 Å². The van der Waals surface area contributed by atoms with Gasteiger partial charge in [0, 0.05) is 18.0 Å². The molecule has 0 saturated heterocycles. The molecule has 0 aliphatic carbocycles. The first-order chi connectivity index (χ1) is 17.5. The number of benzene rings is 2. The van der Waals surface area contributed by atoms with E-state index < -0.39 is 5.91 Å². The van der Waals surface area contributed by atoms with Crippen LogP contribution in [0.15, 0.2) is 82.7 Å². The highest BCUT2D eigenvalue weighted by atomic mass is 35.5. The summed E-state index contributed by atoms with van der Waals surface area (Å²) >= 11 is 7.64. The smallest absolute Gasteiger partial charge is 0.283 e. The summed E-state index contributed by atoms with van der Waals surface area (Å²) in [7, 11) is 0. The first-order valence-corrected chi connectivity index (χ1v) is 12.2. The van der Waals surface area contributed by atoms with Crippen LogP contribution in [0.5, 0.6) is 11.5 Å². The Morgan fingerprint density at radius 1 is 1.11 bits per heavy atom. The molecule has 3 heterocycles. The van der Waals surface area contributed by atoms with Crippen LogP contribution in [0.2, 0.25) is 5.02 Å². The molecule has 2 aromatic carbocycles. The molecule has 0 bridgehead atoms. The van der Waals surface area contributed by atoms with Crippen LogP contribution in [0.3, 0.4) is 0 Å². The molecule has 0 atom stereocenters. The molecule has 0 spiro atoms. The monoisotopic (exact) mass is 517 g/mol. The fraction of sp³-hybridized carbons (Fsp3) is 0.115. The van der Waals surface area contributed by atoms with Crippen molar-refractivity contribution in [1.82, 2.24) is 9.99 Å². The molecule has 2 aliphatic heterocycles. The molecule has 1 aromatic heterocycles. The lowest BCUT2D eigenvalue weighted by Crippen LogP contribution is -2.35. The topological polar surface area (TPSA) is 100 Å². The molecule has 1 amide bonds. The number of aromatic nitrogens is 1. The Balaban J connectivity index is 1.26. The number of thioether (sulfide) groups is 1. The summed E-state index contributed by atoms with van der Waals surface area (Å²) in [6.45, 7) is 2.69. The third-order valence-electron chi connectivity index (χ3n) is 5.23. The van der Waals surface area contributed by atoms with Gasteiger partial charge in [-0.2, -0.15) is 15.1 Å². The number of ether oxygens (including phenoxy) is 2. The molecule has 36 heavy (non-hydrogen) atoms. The van der Waals surface area contributed by atoms with Gasteiger partial charge < -0.3 is 9.47 Å². The Morgan fingerprint density at radius 2 is 1.97 bits per heavy atom. The maximum Gasteiger partial charge on any atom is 0.283 e. The molecule has 0 saturated carbocycles. The van der Waals surface area contributed by atoms with Crippen molar-refractivity contribution in [3.63, 3.8) is 0 Å². The highest BCUT2D eigenvalue weighted by Crippen LogP contribution is 2.32. The maximum absolute atomic E-state index is 12.7. The Bertz CT molecular complexity index is 1440. The molecule has 8 nitrogen and oxygen atoms in total. The summed E-state index contributed by atoms with van der Waals surface area (Å²) < 4.78 is 11.4. The summed E-state index contributed by atoms with van der Waals surface area (Å²) in [4.78, 5) is 20.9. The average molecular weight is 518 g/mol. The summed E-state index contributed by atoms with van der Waals surface area (Å²) in [5.74, 6) is 0.719. The van der Waals surface area contributed by atoms with Crippen molar-refractivity contribution in [3.05, 3.63) is 94.3 Å². The molecule has 5 rings (SSSR count). The summed E-state index contributed by atoms with van der Waals surface area (Å²) in [5, 5.41) is 15.7. The van der Waals surface area contributed by atoms with E-state index in [1.54, 1.807) is 42.7 Å². The van der Waals surface area contributed by atoms with Gasteiger partial charge in [0.25, 0.3) is 5.91 Å². The Morgan fingerprint density at radius 3 is 2.75 bits per heavy atom. The van der Waals surface area contributed by atoms with E-state index in [1.807, 2.05) is 37.3 Å². The molecule has 10 heteroatoms. The van der Waals surface area contributed by atoms with Crippen LogP contribution in [0.1, 0.15) is 16.7 Å². The first-order valence-electron chi connectivity index (χ1n) is 11.0. The van der Waals surface area contributed by atoms with E-state index in [-0.39, 0.29) is 11.4 Å². The number of carbonyl (C=O) groups excluding carboxylic acids is 1. The first kappa shape index (κ1) is 23.8. The van der Waals surface area contributed by atoms with Gasteiger partial charge in [-0.1, -0.05) is 29.8 Å². The molecule has 180 valence electrons. The van der Waals surface area contributed by atoms with Gasteiger partial charge in [-0.05, 0) is 72.3 Å². The van der Waals surface area contributed by atoms with E-state index in [1.165, 1.54) is 16.8 Å². The minimum Gasteiger partial charge on any atom is -0.490 e. The van der Waals surface area contributed by atoms with Gasteiger partial charge in [0.1, 0.15) is 29.8 Å². The maximum atomic E-state index is 12.7. The minimum absolute atomic E-state index is 0.0545. The molecular weight excluding hydrogens is 498 g/mol. The highest BCUT2D eigenvalue weighted by Gasteiger charge is 2.36. The van der Waals surface area contributed by atoms with Crippen molar-refractivity contribution >= 4 is 51.4 Å². The van der Waals surface area contributed by atoms with Gasteiger partial charge >= 0.3 is 0 Å². The van der Waals surface area contributed by atoms with E-state index in [2.05, 4.69) is 15.1 Å². The number of nitrogens with zero attached hydrogens (tertiary/aromatic N) is 4.